The third-order valence-corrected chi connectivity index (χ3v) is 4.10. The van der Waals surface area contributed by atoms with Crippen LogP contribution in [0.1, 0.15) is 18.9 Å². The molecule has 26 heavy (non-hydrogen) atoms. The van der Waals surface area contributed by atoms with Gasteiger partial charge in [-0.05, 0) is 17.7 Å². The first kappa shape index (κ1) is 17.8. The largest absolute Gasteiger partial charge is 0.486 e. The first-order valence-corrected chi connectivity index (χ1v) is 8.61. The minimum Gasteiger partial charge on any atom is -0.486 e. The summed E-state index contributed by atoms with van der Waals surface area (Å²) in [6, 6.07) is 15.0. The predicted molar refractivity (Wildman–Crippen MR) is 98.2 cm³/mol. The van der Waals surface area contributed by atoms with Crippen LogP contribution in [-0.2, 0) is 16.1 Å². The van der Waals surface area contributed by atoms with Gasteiger partial charge < -0.3 is 19.7 Å². The van der Waals surface area contributed by atoms with E-state index in [-0.39, 0.29) is 18.2 Å². The summed E-state index contributed by atoms with van der Waals surface area (Å²) in [7, 11) is 0. The molecule has 0 atom stereocenters. The van der Waals surface area contributed by atoms with Gasteiger partial charge in [0.2, 0.25) is 11.8 Å². The molecule has 3 rings (SSSR count). The SMILES string of the molecule is CC(=O)N(CCC(=O)Nc1ccc2c(c1)OCCO2)Cc1ccccc1. The summed E-state index contributed by atoms with van der Waals surface area (Å²) in [5.41, 5.74) is 1.69. The molecule has 2 aromatic rings. The van der Waals surface area contributed by atoms with Crippen LogP contribution in [0.25, 0.3) is 0 Å². The Morgan fingerprint density at radius 2 is 1.77 bits per heavy atom. The predicted octanol–water partition coefficient (Wildman–Crippen LogP) is 2.84. The number of fused-ring (bicyclic) bond motifs is 1. The second-order valence-electron chi connectivity index (χ2n) is 6.08. The molecule has 0 spiro atoms. The fourth-order valence-electron chi connectivity index (χ4n) is 2.73. The van der Waals surface area contributed by atoms with Crippen LogP contribution in [0, 0.1) is 0 Å². The highest BCUT2D eigenvalue weighted by molar-refractivity contribution is 5.91. The molecule has 0 saturated carbocycles. The van der Waals surface area contributed by atoms with Gasteiger partial charge in [-0.15, -0.1) is 0 Å². The van der Waals surface area contributed by atoms with Gasteiger partial charge in [0.1, 0.15) is 13.2 Å². The fraction of sp³-hybridized carbons (Fsp3) is 0.300. The van der Waals surface area contributed by atoms with Crippen molar-refractivity contribution in [2.45, 2.75) is 19.9 Å². The maximum Gasteiger partial charge on any atom is 0.226 e. The summed E-state index contributed by atoms with van der Waals surface area (Å²) in [5, 5.41) is 2.84. The Balaban J connectivity index is 1.54. The Morgan fingerprint density at radius 3 is 2.50 bits per heavy atom. The summed E-state index contributed by atoms with van der Waals surface area (Å²) >= 11 is 0. The number of anilines is 1. The second kappa shape index (κ2) is 8.38. The standard InChI is InChI=1S/C20H22N2O4/c1-15(23)22(14-16-5-3-2-4-6-16)10-9-20(24)21-17-7-8-18-19(13-17)26-12-11-25-18/h2-8,13H,9-12,14H2,1H3,(H,21,24). The Morgan fingerprint density at radius 1 is 1.04 bits per heavy atom. The average Bonchev–Trinajstić information content (AvgIpc) is 2.65. The van der Waals surface area contributed by atoms with Crippen LogP contribution in [0.4, 0.5) is 5.69 Å². The first-order valence-electron chi connectivity index (χ1n) is 8.61. The Bertz CT molecular complexity index is 777. The summed E-state index contributed by atoms with van der Waals surface area (Å²) in [6.45, 7) is 3.40. The van der Waals surface area contributed by atoms with Crippen molar-refractivity contribution in [1.29, 1.82) is 0 Å². The molecule has 136 valence electrons. The molecule has 6 heteroatoms. The number of ether oxygens (including phenoxy) is 2. The van der Waals surface area contributed by atoms with Crippen LogP contribution in [0.5, 0.6) is 11.5 Å². The molecule has 0 fully saturated rings. The zero-order valence-corrected chi connectivity index (χ0v) is 14.7. The highest BCUT2D eigenvalue weighted by Crippen LogP contribution is 2.32. The van der Waals surface area contributed by atoms with E-state index < -0.39 is 0 Å². The van der Waals surface area contributed by atoms with Crippen molar-refractivity contribution in [3.8, 4) is 11.5 Å². The van der Waals surface area contributed by atoms with Gasteiger partial charge in [-0.3, -0.25) is 9.59 Å². The van der Waals surface area contributed by atoms with Crippen LogP contribution < -0.4 is 14.8 Å². The van der Waals surface area contributed by atoms with Gasteiger partial charge >= 0.3 is 0 Å². The molecule has 1 aliphatic rings. The number of hydrogen-bond donors (Lipinski definition) is 1. The molecule has 0 radical (unpaired) electrons. The number of hydrogen-bond acceptors (Lipinski definition) is 4. The number of carbonyl (C=O) groups excluding carboxylic acids is 2. The molecule has 0 unspecified atom stereocenters. The Hall–Kier alpha value is -3.02. The molecule has 0 saturated heterocycles. The number of benzene rings is 2. The molecule has 1 N–H and O–H groups in total. The average molecular weight is 354 g/mol. The molecule has 2 amide bonds. The lowest BCUT2D eigenvalue weighted by Gasteiger charge is -2.21. The van der Waals surface area contributed by atoms with E-state index in [0.717, 1.165) is 5.56 Å². The fourth-order valence-corrected chi connectivity index (χ4v) is 2.73. The smallest absolute Gasteiger partial charge is 0.226 e. The van der Waals surface area contributed by atoms with Gasteiger partial charge in [0, 0.05) is 38.2 Å². The number of carbonyl (C=O) groups is 2. The van der Waals surface area contributed by atoms with E-state index in [1.807, 2.05) is 30.3 Å². The van der Waals surface area contributed by atoms with Gasteiger partial charge in [0.15, 0.2) is 11.5 Å². The topological polar surface area (TPSA) is 67.9 Å². The van der Waals surface area contributed by atoms with Crippen molar-refractivity contribution in [3.05, 3.63) is 54.1 Å². The maximum absolute atomic E-state index is 12.2. The molecule has 6 nitrogen and oxygen atoms in total. The number of amides is 2. The van der Waals surface area contributed by atoms with E-state index >= 15 is 0 Å². The molecular formula is C20H22N2O4. The van der Waals surface area contributed by atoms with E-state index in [1.54, 1.807) is 23.1 Å². The Labute approximate surface area is 152 Å². The number of rotatable bonds is 6. The van der Waals surface area contributed by atoms with Crippen LogP contribution in [0.15, 0.2) is 48.5 Å². The van der Waals surface area contributed by atoms with Crippen LogP contribution in [0.3, 0.4) is 0 Å². The highest BCUT2D eigenvalue weighted by Gasteiger charge is 2.14. The van der Waals surface area contributed by atoms with Crippen molar-refractivity contribution in [1.82, 2.24) is 4.90 Å². The van der Waals surface area contributed by atoms with Gasteiger partial charge in [-0.2, -0.15) is 0 Å². The molecule has 0 bridgehead atoms. The lowest BCUT2D eigenvalue weighted by molar-refractivity contribution is -0.129. The molecule has 1 heterocycles. The molecule has 1 aliphatic heterocycles. The van der Waals surface area contributed by atoms with Gasteiger partial charge in [-0.25, -0.2) is 0 Å². The minimum absolute atomic E-state index is 0.0546. The van der Waals surface area contributed by atoms with Crippen molar-refractivity contribution in [2.75, 3.05) is 25.1 Å². The number of nitrogens with one attached hydrogen (secondary N) is 1. The first-order chi connectivity index (χ1) is 12.6. The highest BCUT2D eigenvalue weighted by atomic mass is 16.6. The third kappa shape index (κ3) is 4.75. The zero-order chi connectivity index (χ0) is 18.4. The van der Waals surface area contributed by atoms with E-state index in [2.05, 4.69) is 5.32 Å². The van der Waals surface area contributed by atoms with E-state index in [1.165, 1.54) is 6.92 Å². The zero-order valence-electron chi connectivity index (χ0n) is 14.7. The quantitative estimate of drug-likeness (QED) is 0.866. The van der Waals surface area contributed by atoms with E-state index in [4.69, 9.17) is 9.47 Å². The van der Waals surface area contributed by atoms with Crippen molar-refractivity contribution >= 4 is 17.5 Å². The van der Waals surface area contributed by atoms with Crippen LogP contribution in [0.2, 0.25) is 0 Å². The summed E-state index contributed by atoms with van der Waals surface area (Å²) in [4.78, 5) is 25.7. The lowest BCUT2D eigenvalue weighted by Crippen LogP contribution is -2.31. The van der Waals surface area contributed by atoms with Gasteiger partial charge in [-0.1, -0.05) is 30.3 Å². The number of nitrogens with zero attached hydrogens (tertiary/aromatic N) is 1. The van der Waals surface area contributed by atoms with Crippen LogP contribution in [-0.4, -0.2) is 36.5 Å². The Kier molecular flexibility index (Phi) is 5.73. The third-order valence-electron chi connectivity index (χ3n) is 4.10. The van der Waals surface area contributed by atoms with E-state index in [0.29, 0.717) is 43.5 Å². The van der Waals surface area contributed by atoms with Crippen molar-refractivity contribution in [2.24, 2.45) is 0 Å². The summed E-state index contributed by atoms with van der Waals surface area (Å²) < 4.78 is 11.0. The maximum atomic E-state index is 12.2. The van der Waals surface area contributed by atoms with Crippen molar-refractivity contribution in [3.63, 3.8) is 0 Å². The molecular weight excluding hydrogens is 332 g/mol. The molecule has 0 aromatic heterocycles. The monoisotopic (exact) mass is 354 g/mol. The van der Waals surface area contributed by atoms with Crippen LogP contribution >= 0.6 is 0 Å². The van der Waals surface area contributed by atoms with Crippen molar-refractivity contribution < 1.29 is 19.1 Å². The van der Waals surface area contributed by atoms with E-state index in [9.17, 15) is 9.59 Å². The summed E-state index contributed by atoms with van der Waals surface area (Å²) in [6.07, 6.45) is 0.223. The minimum atomic E-state index is -0.152. The molecule has 0 aliphatic carbocycles. The summed E-state index contributed by atoms with van der Waals surface area (Å²) in [5.74, 6) is 1.10. The lowest BCUT2D eigenvalue weighted by atomic mass is 10.2. The van der Waals surface area contributed by atoms with Gasteiger partial charge in [0.25, 0.3) is 0 Å². The van der Waals surface area contributed by atoms with Gasteiger partial charge in [0.05, 0.1) is 0 Å². The second-order valence-corrected chi connectivity index (χ2v) is 6.08. The normalized spacial score (nSPS) is 12.3. The molecule has 2 aromatic carbocycles.